The Bertz CT molecular complexity index is 436. The third-order valence-electron chi connectivity index (χ3n) is 3.34. The smallest absolute Gasteiger partial charge is 1.00 e. The van der Waals surface area contributed by atoms with Crippen LogP contribution in [0, 0.1) is 6.92 Å². The normalized spacial score (nSPS) is 24.4. The summed E-state index contributed by atoms with van der Waals surface area (Å²) >= 11 is -0.0544. The van der Waals surface area contributed by atoms with E-state index in [0.717, 1.165) is 0 Å². The summed E-state index contributed by atoms with van der Waals surface area (Å²) in [6.45, 7) is 2.21. The van der Waals surface area contributed by atoms with Crippen LogP contribution in [0.3, 0.4) is 0 Å². The van der Waals surface area contributed by atoms with Gasteiger partial charge in [-0.25, -0.2) is 0 Å². The molecule has 1 aromatic rings. The Morgan fingerprint density at radius 1 is 1.38 bits per heavy atom. The molecule has 0 bridgehead atoms. The second-order valence-electron chi connectivity index (χ2n) is 4.18. The van der Waals surface area contributed by atoms with Crippen molar-refractivity contribution >= 4 is 4.00 Å². The Hall–Kier alpha value is 0.0543. The van der Waals surface area contributed by atoms with Gasteiger partial charge in [-0.2, -0.15) is 0 Å². The molecule has 3 rings (SSSR count). The van der Waals surface area contributed by atoms with Crippen LogP contribution in [0.25, 0.3) is 0 Å². The Labute approximate surface area is 118 Å². The van der Waals surface area contributed by atoms with E-state index in [4.69, 9.17) is 0 Å². The number of hydrogen-bond acceptors (Lipinski definition) is 0. The second kappa shape index (κ2) is 5.14. The number of allylic oxidation sites excluding steroid dienone is 4. The molecule has 0 spiro atoms. The van der Waals surface area contributed by atoms with E-state index in [-0.39, 0.29) is 44.0 Å². The van der Waals surface area contributed by atoms with Gasteiger partial charge in [0.1, 0.15) is 0 Å². The summed E-state index contributed by atoms with van der Waals surface area (Å²) in [5.74, 6) is 0. The predicted molar refractivity (Wildman–Crippen MR) is 54.3 cm³/mol. The van der Waals surface area contributed by atoms with E-state index in [2.05, 4.69) is 42.4 Å². The van der Waals surface area contributed by atoms with E-state index in [0.29, 0.717) is 3.72 Å². The van der Waals surface area contributed by atoms with Crippen LogP contribution in [0.1, 0.15) is 18.4 Å². The van der Waals surface area contributed by atoms with Gasteiger partial charge in [0, 0.05) is 0 Å². The monoisotopic (exact) mass is 289 g/mol. The third kappa shape index (κ3) is 2.07. The van der Waals surface area contributed by atoms with E-state index in [9.17, 15) is 0 Å². The molecular weight excluding hydrogens is 277 g/mol. The molecule has 0 aromatic carbocycles. The van der Waals surface area contributed by atoms with E-state index in [1.165, 1.54) is 22.4 Å². The standard InChI is InChI=1S/C7H7.C5H6N.2ClH.Ti/c1-2-6-4-5-7(6)3-1;1-5-2-3-6-4-5;;;/h1-3H,4-5H2;2-3,6H,1H3;2*1H;/q;;;;+2/p-2. The van der Waals surface area contributed by atoms with Crippen molar-refractivity contribution in [3.05, 3.63) is 41.6 Å². The molecule has 1 atom stereocenters. The van der Waals surface area contributed by atoms with Gasteiger partial charge in [0.05, 0.1) is 0 Å². The maximum Gasteiger partial charge on any atom is -1.00 e. The Morgan fingerprint density at radius 3 is 2.69 bits per heavy atom. The number of rotatable bonds is 2. The molecular formula is C12H13Cl2NTi. The van der Waals surface area contributed by atoms with Crippen molar-refractivity contribution in [2.75, 3.05) is 0 Å². The molecule has 1 saturated carbocycles. The quantitative estimate of drug-likeness (QED) is 0.544. The van der Waals surface area contributed by atoms with Crippen LogP contribution in [-0.4, -0.2) is 4.98 Å². The summed E-state index contributed by atoms with van der Waals surface area (Å²) in [7, 11) is 0. The molecule has 1 heterocycles. The van der Waals surface area contributed by atoms with Gasteiger partial charge >= 0.3 is 93.2 Å². The minimum Gasteiger partial charge on any atom is -1.00 e. The number of hydrogen-bond donors (Lipinski definition) is 1. The maximum absolute atomic E-state index is 3.41. The predicted octanol–water partition coefficient (Wildman–Crippen LogP) is -3.51. The fourth-order valence-corrected chi connectivity index (χ4v) is 4.90. The zero-order chi connectivity index (χ0) is 9.60. The van der Waals surface area contributed by atoms with Gasteiger partial charge in [-0.05, 0) is 0 Å². The molecule has 1 aromatic heterocycles. The largest absolute Gasteiger partial charge is 1.00 e. The summed E-state index contributed by atoms with van der Waals surface area (Å²) in [6.07, 6.45) is 11.8. The van der Waals surface area contributed by atoms with E-state index in [1.807, 2.05) is 0 Å². The Balaban J connectivity index is 0.000000640. The fraction of sp³-hybridized carbons (Fsp3) is 0.333. The first-order chi connectivity index (χ1) is 6.80. The van der Waals surface area contributed by atoms with Gasteiger partial charge in [-0.3, -0.25) is 0 Å². The van der Waals surface area contributed by atoms with Crippen molar-refractivity contribution in [2.45, 2.75) is 23.5 Å². The summed E-state index contributed by atoms with van der Waals surface area (Å²) in [4.78, 5) is 3.41. The number of aromatic amines is 1. The van der Waals surface area contributed by atoms with Gasteiger partial charge in [-0.15, -0.1) is 0 Å². The molecule has 2 aliphatic carbocycles. The maximum atomic E-state index is 3.41. The minimum absolute atomic E-state index is 0. The number of nitrogens with one attached hydrogen (secondary N) is 1. The van der Waals surface area contributed by atoms with Crippen LogP contribution in [0.5, 0.6) is 0 Å². The number of halogens is 2. The SMILES string of the molecule is Cc1cc[nH][c]1[Ti+2][C]12C=CC=C1CC2.[Cl-].[Cl-]. The minimum atomic E-state index is -0.0544. The van der Waals surface area contributed by atoms with Gasteiger partial charge in [0.25, 0.3) is 0 Å². The molecule has 1 nitrogen and oxygen atoms in total. The zero-order valence-corrected chi connectivity index (χ0v) is 12.1. The third-order valence-corrected chi connectivity index (χ3v) is 6.42. The Morgan fingerprint density at radius 2 is 2.19 bits per heavy atom. The average molecular weight is 290 g/mol. The van der Waals surface area contributed by atoms with Crippen molar-refractivity contribution < 1.29 is 44.0 Å². The van der Waals surface area contributed by atoms with Crippen LogP contribution in [0.15, 0.2) is 36.1 Å². The summed E-state index contributed by atoms with van der Waals surface area (Å²) in [5.41, 5.74) is 3.14. The molecule has 0 saturated heterocycles. The van der Waals surface area contributed by atoms with Crippen molar-refractivity contribution in [1.82, 2.24) is 4.98 Å². The number of aromatic nitrogens is 1. The van der Waals surface area contributed by atoms with Crippen LogP contribution in [0.4, 0.5) is 0 Å². The van der Waals surface area contributed by atoms with Crippen LogP contribution in [0.2, 0.25) is 3.72 Å². The first-order valence-electron chi connectivity index (χ1n) is 5.11. The molecule has 16 heavy (non-hydrogen) atoms. The van der Waals surface area contributed by atoms with Crippen molar-refractivity contribution in [2.24, 2.45) is 0 Å². The van der Waals surface area contributed by atoms with Crippen LogP contribution in [-0.2, 0) is 19.2 Å². The molecule has 1 unspecified atom stereocenters. The van der Waals surface area contributed by atoms with Crippen molar-refractivity contribution in [3.8, 4) is 0 Å². The number of H-pyrrole nitrogens is 1. The summed E-state index contributed by atoms with van der Waals surface area (Å²) < 4.78 is 2.05. The molecule has 1 fully saturated rings. The van der Waals surface area contributed by atoms with Crippen LogP contribution >= 0.6 is 0 Å². The molecule has 0 radical (unpaired) electrons. The molecule has 1 N–H and O–H groups in total. The van der Waals surface area contributed by atoms with E-state index < -0.39 is 0 Å². The first-order valence-corrected chi connectivity index (χ1v) is 6.67. The molecule has 0 aliphatic heterocycles. The van der Waals surface area contributed by atoms with E-state index in [1.54, 1.807) is 5.57 Å². The summed E-state index contributed by atoms with van der Waals surface area (Å²) in [6, 6.07) is 2.19. The number of fused-ring (bicyclic) bond motifs is 1. The zero-order valence-electron chi connectivity index (χ0n) is 9.06. The molecule has 84 valence electrons. The van der Waals surface area contributed by atoms with Gasteiger partial charge in [-0.1, -0.05) is 0 Å². The van der Waals surface area contributed by atoms with E-state index >= 15 is 0 Å². The Kier molecular flexibility index (Phi) is 4.53. The topological polar surface area (TPSA) is 15.8 Å². The van der Waals surface area contributed by atoms with Crippen molar-refractivity contribution in [3.63, 3.8) is 0 Å². The molecule has 0 amide bonds. The second-order valence-corrected chi connectivity index (χ2v) is 6.75. The van der Waals surface area contributed by atoms with Gasteiger partial charge < -0.3 is 24.8 Å². The van der Waals surface area contributed by atoms with Gasteiger partial charge in [0.15, 0.2) is 0 Å². The average Bonchev–Trinajstić information content (AvgIpc) is 2.65. The fourth-order valence-electron chi connectivity index (χ4n) is 2.28. The summed E-state index contributed by atoms with van der Waals surface area (Å²) in [5, 5.41) is 0. The molecule has 2 aliphatic rings. The number of aryl methyl sites for hydroxylation is 1. The van der Waals surface area contributed by atoms with Gasteiger partial charge in [0.2, 0.25) is 0 Å². The van der Waals surface area contributed by atoms with Crippen molar-refractivity contribution in [1.29, 1.82) is 0 Å². The van der Waals surface area contributed by atoms with Crippen LogP contribution < -0.4 is 28.8 Å². The molecule has 4 heteroatoms. The first kappa shape index (κ1) is 14.1.